The maximum absolute atomic E-state index is 12.8. The third kappa shape index (κ3) is 6.61. The number of halogens is 1. The summed E-state index contributed by atoms with van der Waals surface area (Å²) in [5.41, 5.74) is 1.97. The monoisotopic (exact) mass is 612 g/mol. The van der Waals surface area contributed by atoms with Crippen LogP contribution < -0.4 is 14.8 Å². The van der Waals surface area contributed by atoms with Gasteiger partial charge >= 0.3 is 5.97 Å². The van der Waals surface area contributed by atoms with E-state index in [0.29, 0.717) is 39.0 Å². The van der Waals surface area contributed by atoms with Gasteiger partial charge in [-0.2, -0.15) is 5.26 Å². The summed E-state index contributed by atoms with van der Waals surface area (Å²) in [6, 6.07) is 27.7. The first-order chi connectivity index (χ1) is 20.9. The Kier molecular flexibility index (Phi) is 9.20. The molecule has 0 fully saturated rings. The summed E-state index contributed by atoms with van der Waals surface area (Å²) >= 11 is 7.64. The van der Waals surface area contributed by atoms with Gasteiger partial charge < -0.3 is 18.6 Å². The van der Waals surface area contributed by atoms with Crippen molar-refractivity contribution in [1.82, 2.24) is 0 Å². The summed E-state index contributed by atoms with van der Waals surface area (Å²) in [6.07, 6.45) is 0. The molecule has 10 heteroatoms. The number of nitrogens with one attached hydrogen (secondary N) is 1. The highest BCUT2D eigenvalue weighted by atomic mass is 35.5. The van der Waals surface area contributed by atoms with Crippen LogP contribution in [0.5, 0.6) is 11.5 Å². The second kappa shape index (κ2) is 13.4. The number of benzene rings is 4. The van der Waals surface area contributed by atoms with Crippen LogP contribution in [0.3, 0.4) is 0 Å². The van der Waals surface area contributed by atoms with Crippen molar-refractivity contribution >= 4 is 51.9 Å². The lowest BCUT2D eigenvalue weighted by molar-refractivity contribution is -0.144. The largest absolute Gasteiger partial charge is 0.497 e. The van der Waals surface area contributed by atoms with Crippen molar-refractivity contribution in [3.8, 4) is 40.0 Å². The van der Waals surface area contributed by atoms with Crippen molar-refractivity contribution in [2.24, 2.45) is 0 Å². The minimum atomic E-state index is -0.653. The standard InChI is InChI=1S/C33H25ClN2O6S/c1-39-23-13-9-21(10-14-23)30-25(17-35)33(42-32(30)22-11-15-24(40-2)16-12-22)36-28(37)18-41-29(38)19-43-27-8-4-6-20-5-3-7-26(34)31(20)27/h3-16H,18-19H2,1-2H3,(H,36,37). The molecule has 0 spiro atoms. The molecule has 1 N–H and O–H groups in total. The molecule has 8 nitrogen and oxygen atoms in total. The van der Waals surface area contributed by atoms with Crippen LogP contribution in [0.2, 0.25) is 5.02 Å². The molecule has 216 valence electrons. The topological polar surface area (TPSA) is 111 Å². The second-order valence-electron chi connectivity index (χ2n) is 9.17. The predicted molar refractivity (Wildman–Crippen MR) is 167 cm³/mol. The van der Waals surface area contributed by atoms with Crippen molar-refractivity contribution in [2.45, 2.75) is 4.90 Å². The highest BCUT2D eigenvalue weighted by Gasteiger charge is 2.25. The zero-order valence-corrected chi connectivity index (χ0v) is 24.8. The summed E-state index contributed by atoms with van der Waals surface area (Å²) in [6.45, 7) is -0.559. The average Bonchev–Trinajstić information content (AvgIpc) is 3.40. The number of hydrogen-bond acceptors (Lipinski definition) is 8. The average molecular weight is 613 g/mol. The van der Waals surface area contributed by atoms with E-state index in [0.717, 1.165) is 15.7 Å². The molecule has 0 saturated heterocycles. The third-order valence-corrected chi connectivity index (χ3v) is 7.88. The molecular formula is C33H25ClN2O6S. The smallest absolute Gasteiger partial charge is 0.316 e. The fraction of sp³-hybridized carbons (Fsp3) is 0.121. The molecule has 0 aliphatic heterocycles. The Morgan fingerprint density at radius 2 is 1.53 bits per heavy atom. The number of nitrogens with zero attached hydrogens (tertiary/aromatic N) is 1. The first kappa shape index (κ1) is 29.6. The number of thioether (sulfide) groups is 1. The Hall–Kier alpha value is -4.91. The number of hydrogen-bond donors (Lipinski definition) is 1. The predicted octanol–water partition coefficient (Wildman–Crippen LogP) is 7.58. The summed E-state index contributed by atoms with van der Waals surface area (Å²) < 4.78 is 21.8. The Morgan fingerprint density at radius 1 is 0.907 bits per heavy atom. The normalized spacial score (nSPS) is 10.7. The SMILES string of the molecule is COc1ccc(-c2oc(NC(=O)COC(=O)CSc3cccc4cccc(Cl)c34)c(C#N)c2-c2ccc(OC)cc2)cc1. The number of esters is 1. The van der Waals surface area contributed by atoms with E-state index in [2.05, 4.69) is 11.4 Å². The van der Waals surface area contributed by atoms with Crippen LogP contribution in [0, 0.1) is 11.3 Å². The van der Waals surface area contributed by atoms with Gasteiger partial charge in [0.1, 0.15) is 28.9 Å². The van der Waals surface area contributed by atoms with E-state index in [1.54, 1.807) is 68.8 Å². The van der Waals surface area contributed by atoms with Crippen LogP contribution in [0.4, 0.5) is 5.88 Å². The molecular weight excluding hydrogens is 588 g/mol. The van der Waals surface area contributed by atoms with Crippen LogP contribution in [0.1, 0.15) is 5.56 Å². The number of methoxy groups -OCH3 is 2. The third-order valence-electron chi connectivity index (χ3n) is 6.53. The van der Waals surface area contributed by atoms with E-state index in [1.165, 1.54) is 11.8 Å². The molecule has 5 aromatic rings. The van der Waals surface area contributed by atoms with E-state index in [1.807, 2.05) is 30.3 Å². The van der Waals surface area contributed by atoms with Crippen molar-refractivity contribution in [3.63, 3.8) is 0 Å². The second-order valence-corrected chi connectivity index (χ2v) is 10.6. The number of furan rings is 1. The highest BCUT2D eigenvalue weighted by molar-refractivity contribution is 8.00. The quantitative estimate of drug-likeness (QED) is 0.127. The van der Waals surface area contributed by atoms with Crippen LogP contribution >= 0.6 is 23.4 Å². The van der Waals surface area contributed by atoms with Gasteiger partial charge in [0.05, 0.1) is 20.0 Å². The number of rotatable bonds is 10. The van der Waals surface area contributed by atoms with Gasteiger partial charge in [-0.05, 0) is 59.5 Å². The number of carbonyl (C=O) groups excluding carboxylic acids is 2. The Balaban J connectivity index is 1.32. The number of anilines is 1. The molecule has 1 heterocycles. The molecule has 5 rings (SSSR count). The number of amides is 1. The van der Waals surface area contributed by atoms with Gasteiger partial charge in [-0.15, -0.1) is 11.8 Å². The molecule has 43 heavy (non-hydrogen) atoms. The molecule has 0 bridgehead atoms. The van der Waals surface area contributed by atoms with Gasteiger partial charge in [0.15, 0.2) is 6.61 Å². The van der Waals surface area contributed by atoms with Crippen molar-refractivity contribution in [2.75, 3.05) is 31.9 Å². The van der Waals surface area contributed by atoms with Crippen LogP contribution in [0.25, 0.3) is 33.2 Å². The van der Waals surface area contributed by atoms with Crippen LogP contribution in [0.15, 0.2) is 94.2 Å². The Labute approximate surface area is 257 Å². The van der Waals surface area contributed by atoms with Crippen molar-refractivity contribution in [3.05, 3.63) is 95.5 Å². The maximum Gasteiger partial charge on any atom is 0.316 e. The van der Waals surface area contributed by atoms with Gasteiger partial charge in [-0.3, -0.25) is 14.9 Å². The summed E-state index contributed by atoms with van der Waals surface area (Å²) in [5, 5.41) is 15.1. The minimum Gasteiger partial charge on any atom is -0.497 e. The molecule has 1 aromatic heterocycles. The molecule has 0 unspecified atom stereocenters. The van der Waals surface area contributed by atoms with E-state index in [4.69, 9.17) is 30.2 Å². The van der Waals surface area contributed by atoms with Gasteiger partial charge in [0, 0.05) is 26.4 Å². The van der Waals surface area contributed by atoms with Crippen LogP contribution in [-0.4, -0.2) is 38.5 Å². The molecule has 0 saturated carbocycles. The zero-order valence-electron chi connectivity index (χ0n) is 23.2. The Morgan fingerprint density at radius 3 is 2.16 bits per heavy atom. The first-order valence-electron chi connectivity index (χ1n) is 13.0. The van der Waals surface area contributed by atoms with E-state index in [-0.39, 0.29) is 17.2 Å². The van der Waals surface area contributed by atoms with Crippen molar-refractivity contribution < 1.29 is 28.2 Å². The number of fused-ring (bicyclic) bond motifs is 1. The highest BCUT2D eigenvalue weighted by Crippen LogP contribution is 2.42. The number of nitriles is 1. The lowest BCUT2D eigenvalue weighted by Gasteiger charge is -2.08. The summed E-state index contributed by atoms with van der Waals surface area (Å²) in [7, 11) is 3.13. The minimum absolute atomic E-state index is 0.0228. The lowest BCUT2D eigenvalue weighted by Crippen LogP contribution is -2.21. The zero-order chi connectivity index (χ0) is 30.3. The van der Waals surface area contributed by atoms with E-state index >= 15 is 0 Å². The number of ether oxygens (including phenoxy) is 3. The van der Waals surface area contributed by atoms with E-state index < -0.39 is 18.5 Å². The molecule has 1 amide bonds. The summed E-state index contributed by atoms with van der Waals surface area (Å²) in [5.74, 6) is 0.362. The van der Waals surface area contributed by atoms with Gasteiger partial charge in [-0.25, -0.2) is 0 Å². The molecule has 0 atom stereocenters. The summed E-state index contributed by atoms with van der Waals surface area (Å²) in [4.78, 5) is 26.2. The van der Waals surface area contributed by atoms with Crippen LogP contribution in [-0.2, 0) is 14.3 Å². The fourth-order valence-electron chi connectivity index (χ4n) is 4.47. The molecule has 0 aliphatic rings. The number of carbonyl (C=O) groups is 2. The van der Waals surface area contributed by atoms with Crippen molar-refractivity contribution in [1.29, 1.82) is 5.26 Å². The maximum atomic E-state index is 12.8. The van der Waals surface area contributed by atoms with Gasteiger partial charge in [0.25, 0.3) is 5.91 Å². The van der Waals surface area contributed by atoms with Gasteiger partial charge in [-0.1, -0.05) is 48.0 Å². The fourth-order valence-corrected chi connectivity index (χ4v) is 5.72. The van der Waals surface area contributed by atoms with Gasteiger partial charge in [0.2, 0.25) is 5.88 Å². The molecule has 4 aromatic carbocycles. The molecule has 0 radical (unpaired) electrons. The van der Waals surface area contributed by atoms with E-state index in [9.17, 15) is 14.9 Å². The lowest BCUT2D eigenvalue weighted by atomic mass is 9.98. The Bertz CT molecular complexity index is 1820. The first-order valence-corrected chi connectivity index (χ1v) is 14.4. The molecule has 0 aliphatic carbocycles.